The molecule has 98 valence electrons. The summed E-state index contributed by atoms with van der Waals surface area (Å²) < 4.78 is 2.40. The van der Waals surface area contributed by atoms with Crippen molar-refractivity contribution < 1.29 is 4.57 Å². The first kappa shape index (κ1) is 14.9. The van der Waals surface area contributed by atoms with Gasteiger partial charge in [0.25, 0.3) is 0 Å². The Morgan fingerprint density at radius 1 is 1.12 bits per heavy atom. The Morgan fingerprint density at radius 3 is 2.24 bits per heavy atom. The van der Waals surface area contributed by atoms with E-state index in [9.17, 15) is 0 Å². The summed E-state index contributed by atoms with van der Waals surface area (Å²) >= 11 is 1.81. The molecule has 17 heavy (non-hydrogen) atoms. The van der Waals surface area contributed by atoms with Crippen LogP contribution in [0.4, 0.5) is 0 Å². The van der Waals surface area contributed by atoms with E-state index in [1.165, 1.54) is 43.2 Å². The molecule has 0 radical (unpaired) electrons. The smallest absolute Gasteiger partial charge is 0.193 e. The van der Waals surface area contributed by atoms with Crippen molar-refractivity contribution in [3.63, 3.8) is 0 Å². The van der Waals surface area contributed by atoms with Gasteiger partial charge in [-0.2, -0.15) is 4.57 Å². The van der Waals surface area contributed by atoms with E-state index in [0.717, 1.165) is 0 Å². The lowest BCUT2D eigenvalue weighted by atomic mass is 10.3. The van der Waals surface area contributed by atoms with E-state index in [-0.39, 0.29) is 0 Å². The lowest BCUT2D eigenvalue weighted by Crippen LogP contribution is -2.35. The van der Waals surface area contributed by atoms with Crippen LogP contribution in [0.25, 0.3) is 0 Å². The fraction of sp³-hybridized carbons (Fsp3) is 0.786. The van der Waals surface area contributed by atoms with Crippen molar-refractivity contribution in [1.29, 1.82) is 0 Å². The van der Waals surface area contributed by atoms with Crippen molar-refractivity contribution in [3.8, 4) is 0 Å². The molecule has 0 amide bonds. The molecular formula is C14H28NSSi+. The summed E-state index contributed by atoms with van der Waals surface area (Å²) in [5.74, 6) is 0. The molecule has 0 N–H and O–H groups in total. The minimum Gasteiger partial charge on any atom is -0.193 e. The zero-order valence-corrected chi connectivity index (χ0v) is 13.8. The molecule has 0 aliphatic carbocycles. The van der Waals surface area contributed by atoms with E-state index in [1.54, 1.807) is 6.04 Å². The Hall–Kier alpha value is -0.153. The van der Waals surface area contributed by atoms with Gasteiger partial charge in [0.05, 0.1) is 13.5 Å². The summed E-state index contributed by atoms with van der Waals surface area (Å²) in [6.07, 6.45) is 2.79. The molecule has 1 nitrogen and oxygen atoms in total. The van der Waals surface area contributed by atoms with Gasteiger partial charge >= 0.3 is 0 Å². The van der Waals surface area contributed by atoms with Crippen LogP contribution in [0.2, 0.25) is 24.2 Å². The standard InChI is InChI=1S/C14H28NSSi/c1-5-17(6-2,7-3)11-9-8-10-15-13-16-12-14(15)4/h12-13H,5-11H2,1-4H3/q+1. The van der Waals surface area contributed by atoms with Gasteiger partial charge in [0, 0.05) is 13.3 Å². The highest BCUT2D eigenvalue weighted by atomic mass is 32.1. The summed E-state index contributed by atoms with van der Waals surface area (Å²) in [5, 5.41) is 2.24. The van der Waals surface area contributed by atoms with Crippen LogP contribution >= 0.6 is 11.3 Å². The van der Waals surface area contributed by atoms with Crippen molar-refractivity contribution in [2.24, 2.45) is 0 Å². The summed E-state index contributed by atoms with van der Waals surface area (Å²) in [6.45, 7) is 10.7. The maximum atomic E-state index is 2.41. The zero-order valence-electron chi connectivity index (χ0n) is 12.0. The second-order valence-corrected chi connectivity index (χ2v) is 11.6. The van der Waals surface area contributed by atoms with Crippen molar-refractivity contribution in [2.45, 2.75) is 71.3 Å². The van der Waals surface area contributed by atoms with Gasteiger partial charge in [0.2, 0.25) is 5.51 Å². The van der Waals surface area contributed by atoms with Crippen molar-refractivity contribution in [3.05, 3.63) is 16.6 Å². The van der Waals surface area contributed by atoms with Crippen LogP contribution in [0, 0.1) is 6.92 Å². The number of thiazole rings is 1. The number of nitrogens with zero attached hydrogens (tertiary/aromatic N) is 1. The number of rotatable bonds is 8. The average molecular weight is 271 g/mol. The Labute approximate surface area is 112 Å². The molecular weight excluding hydrogens is 242 g/mol. The van der Waals surface area contributed by atoms with Crippen molar-refractivity contribution >= 4 is 19.4 Å². The normalized spacial score (nSPS) is 12.0. The molecule has 1 heterocycles. The molecule has 0 unspecified atom stereocenters. The van der Waals surface area contributed by atoms with E-state index in [4.69, 9.17) is 0 Å². The van der Waals surface area contributed by atoms with Gasteiger partial charge in [-0.3, -0.25) is 0 Å². The largest absolute Gasteiger partial charge is 0.224 e. The maximum Gasteiger partial charge on any atom is 0.224 e. The predicted octanol–water partition coefficient (Wildman–Crippen LogP) is 4.63. The number of unbranched alkanes of at least 4 members (excludes halogenated alkanes) is 1. The number of aromatic nitrogens is 1. The molecule has 0 aromatic carbocycles. The van der Waals surface area contributed by atoms with E-state index in [0.29, 0.717) is 0 Å². The minimum absolute atomic E-state index is 0.860. The molecule has 0 saturated heterocycles. The van der Waals surface area contributed by atoms with Gasteiger partial charge < -0.3 is 0 Å². The van der Waals surface area contributed by atoms with Gasteiger partial charge in [0.15, 0.2) is 5.69 Å². The first-order valence-electron chi connectivity index (χ1n) is 7.09. The lowest BCUT2D eigenvalue weighted by molar-refractivity contribution is -0.698. The SMILES string of the molecule is CC[Si](CC)(CC)CCCC[n+]1cscc1C. The van der Waals surface area contributed by atoms with Gasteiger partial charge in [0.1, 0.15) is 6.54 Å². The summed E-state index contributed by atoms with van der Waals surface area (Å²) in [4.78, 5) is 0. The van der Waals surface area contributed by atoms with Crippen LogP contribution < -0.4 is 4.57 Å². The molecule has 3 heteroatoms. The first-order valence-corrected chi connectivity index (χ1v) is 10.9. The highest BCUT2D eigenvalue weighted by Gasteiger charge is 2.25. The Morgan fingerprint density at radius 2 is 1.76 bits per heavy atom. The molecule has 0 spiro atoms. The quantitative estimate of drug-likeness (QED) is 0.368. The topological polar surface area (TPSA) is 3.88 Å². The minimum atomic E-state index is -0.860. The fourth-order valence-corrected chi connectivity index (χ4v) is 7.02. The van der Waals surface area contributed by atoms with E-state index in [2.05, 4.69) is 43.2 Å². The van der Waals surface area contributed by atoms with E-state index >= 15 is 0 Å². The maximum absolute atomic E-state index is 2.41. The average Bonchev–Trinajstić information content (AvgIpc) is 2.76. The Bertz CT molecular complexity index is 310. The summed E-state index contributed by atoms with van der Waals surface area (Å²) in [6, 6.07) is 5.97. The molecule has 0 bridgehead atoms. The van der Waals surface area contributed by atoms with Crippen molar-refractivity contribution in [1.82, 2.24) is 0 Å². The van der Waals surface area contributed by atoms with Gasteiger partial charge in [-0.15, -0.1) is 0 Å². The summed E-state index contributed by atoms with van der Waals surface area (Å²) in [7, 11) is -0.860. The molecule has 1 aromatic heterocycles. The van der Waals surface area contributed by atoms with Gasteiger partial charge in [-0.05, 0) is 6.42 Å². The molecule has 1 rings (SSSR count). The highest BCUT2D eigenvalue weighted by Crippen LogP contribution is 2.27. The van der Waals surface area contributed by atoms with Crippen LogP contribution in [-0.4, -0.2) is 8.07 Å². The van der Waals surface area contributed by atoms with Crippen LogP contribution in [-0.2, 0) is 6.54 Å². The van der Waals surface area contributed by atoms with E-state index in [1.807, 2.05) is 11.3 Å². The van der Waals surface area contributed by atoms with Crippen LogP contribution in [0.3, 0.4) is 0 Å². The number of hydrogen-bond donors (Lipinski definition) is 0. The second-order valence-electron chi connectivity index (χ2n) is 5.21. The molecule has 0 fully saturated rings. The third kappa shape index (κ3) is 4.22. The van der Waals surface area contributed by atoms with Crippen molar-refractivity contribution in [2.75, 3.05) is 0 Å². The zero-order chi connectivity index (χ0) is 12.7. The summed E-state index contributed by atoms with van der Waals surface area (Å²) in [5.41, 5.74) is 3.67. The molecule has 0 aliphatic rings. The number of hydrogen-bond acceptors (Lipinski definition) is 1. The molecule has 0 atom stereocenters. The number of aryl methyl sites for hydroxylation is 2. The monoisotopic (exact) mass is 270 g/mol. The van der Waals surface area contributed by atoms with Gasteiger partial charge in [-0.1, -0.05) is 56.3 Å². The molecule has 0 saturated carbocycles. The van der Waals surface area contributed by atoms with E-state index < -0.39 is 8.07 Å². The lowest BCUT2D eigenvalue weighted by Gasteiger charge is -2.27. The predicted molar refractivity (Wildman–Crippen MR) is 80.5 cm³/mol. The first-order chi connectivity index (χ1) is 8.17. The van der Waals surface area contributed by atoms with Crippen LogP contribution in [0.1, 0.15) is 39.3 Å². The third-order valence-corrected chi connectivity index (χ3v) is 11.3. The Balaban J connectivity index is 2.30. The van der Waals surface area contributed by atoms with Gasteiger partial charge in [-0.25, -0.2) is 0 Å². The highest BCUT2D eigenvalue weighted by molar-refractivity contribution is 7.07. The second kappa shape index (κ2) is 7.32. The third-order valence-electron chi connectivity index (χ3n) is 4.49. The fourth-order valence-electron chi connectivity index (χ4n) is 2.64. The molecule has 0 aliphatic heterocycles. The van der Waals surface area contributed by atoms with Crippen LogP contribution in [0.15, 0.2) is 10.9 Å². The molecule has 1 aromatic rings. The Kier molecular flexibility index (Phi) is 6.42. The van der Waals surface area contributed by atoms with Crippen LogP contribution in [0.5, 0.6) is 0 Å².